The van der Waals surface area contributed by atoms with Crippen LogP contribution in [-0.4, -0.2) is 29.4 Å². The van der Waals surface area contributed by atoms with E-state index in [9.17, 15) is 26.9 Å². The van der Waals surface area contributed by atoms with E-state index in [-0.39, 0.29) is 16.4 Å². The first-order chi connectivity index (χ1) is 13.2. The lowest BCUT2D eigenvalue weighted by atomic mass is 10.2. The van der Waals surface area contributed by atoms with E-state index in [2.05, 4.69) is 0 Å². The van der Waals surface area contributed by atoms with Crippen molar-refractivity contribution in [2.24, 2.45) is 5.92 Å². The van der Waals surface area contributed by atoms with Crippen LogP contribution in [0.3, 0.4) is 0 Å². The maximum absolute atomic E-state index is 13.1. The predicted octanol–water partition coefficient (Wildman–Crippen LogP) is 2.48. The van der Waals surface area contributed by atoms with E-state index >= 15 is 0 Å². The Labute approximate surface area is 163 Å². The Morgan fingerprint density at radius 2 is 1.39 bits per heavy atom. The molecule has 0 saturated heterocycles. The molecule has 2 rings (SSSR count). The molecule has 1 unspecified atom stereocenters. The van der Waals surface area contributed by atoms with Crippen molar-refractivity contribution in [3.05, 3.63) is 71.0 Å². The molecule has 0 aliphatic carbocycles. The van der Waals surface area contributed by atoms with Crippen molar-refractivity contribution in [1.29, 1.82) is 5.26 Å². The third kappa shape index (κ3) is 4.47. The zero-order valence-electron chi connectivity index (χ0n) is 14.8. The van der Waals surface area contributed by atoms with Gasteiger partial charge in [-0.05, 0) is 37.3 Å². The number of hydrogen-bond acceptors (Lipinski definition) is 7. The Hall–Kier alpha value is -2.96. The van der Waals surface area contributed by atoms with Gasteiger partial charge in [-0.1, -0.05) is 36.4 Å². The molecule has 0 N–H and O–H groups in total. The Morgan fingerprint density at radius 1 is 0.964 bits per heavy atom. The van der Waals surface area contributed by atoms with Gasteiger partial charge in [-0.15, -0.1) is 0 Å². The number of ether oxygens (including phenoxy) is 1. The summed E-state index contributed by atoms with van der Waals surface area (Å²) in [4.78, 5) is 11.4. The average Bonchev–Trinajstić information content (AvgIpc) is 2.69. The summed E-state index contributed by atoms with van der Waals surface area (Å²) in [6, 6.07) is 15.4. The monoisotopic (exact) mass is 419 g/mol. The molecule has 0 bridgehead atoms. The highest BCUT2D eigenvalue weighted by Gasteiger charge is 2.35. The molecule has 7 nitrogen and oxygen atoms in total. The van der Waals surface area contributed by atoms with E-state index < -0.39 is 35.8 Å². The van der Waals surface area contributed by atoms with E-state index in [1.807, 2.05) is 0 Å². The van der Waals surface area contributed by atoms with Gasteiger partial charge in [0.2, 0.25) is 19.7 Å². The van der Waals surface area contributed by atoms with Crippen molar-refractivity contribution in [1.82, 2.24) is 0 Å². The molecule has 0 aromatic heterocycles. The molecule has 2 aromatic rings. The Bertz CT molecular complexity index is 1040. The standard InChI is InChI=1S/C19H17NO6S2/c1-2-26-19(21)15(14-20)13-18(27(22,23)16-9-5-3-6-10-16)28(24,25)17-11-7-4-8-12-17/h3-13,15H,2H2,1H3. The van der Waals surface area contributed by atoms with Gasteiger partial charge in [-0.3, -0.25) is 4.79 Å². The highest BCUT2D eigenvalue weighted by molar-refractivity contribution is 8.14. The van der Waals surface area contributed by atoms with Crippen LogP contribution in [0.2, 0.25) is 0 Å². The number of benzene rings is 2. The Balaban J connectivity index is 2.75. The number of sulfone groups is 2. The van der Waals surface area contributed by atoms with E-state index in [0.717, 1.165) is 0 Å². The van der Waals surface area contributed by atoms with Crippen molar-refractivity contribution in [3.63, 3.8) is 0 Å². The van der Waals surface area contributed by atoms with Gasteiger partial charge in [0.1, 0.15) is 0 Å². The second-order valence-corrected chi connectivity index (χ2v) is 9.57. The van der Waals surface area contributed by atoms with Gasteiger partial charge in [0.05, 0.1) is 22.5 Å². The summed E-state index contributed by atoms with van der Waals surface area (Å²) in [5, 5.41) is 9.26. The largest absolute Gasteiger partial charge is 0.465 e. The fourth-order valence-electron chi connectivity index (χ4n) is 2.28. The normalized spacial score (nSPS) is 12.4. The number of esters is 1. The second-order valence-electron chi connectivity index (χ2n) is 5.48. The number of carbonyl (C=O) groups is 1. The summed E-state index contributed by atoms with van der Waals surface area (Å²) >= 11 is 0. The molecule has 0 aliphatic rings. The third-order valence-electron chi connectivity index (χ3n) is 3.62. The fourth-order valence-corrected chi connectivity index (χ4v) is 6.14. The van der Waals surface area contributed by atoms with Gasteiger partial charge in [0.15, 0.2) is 10.2 Å². The van der Waals surface area contributed by atoms with Crippen LogP contribution >= 0.6 is 0 Å². The highest BCUT2D eigenvalue weighted by Crippen LogP contribution is 2.30. The van der Waals surface area contributed by atoms with Crippen LogP contribution in [0.1, 0.15) is 6.92 Å². The van der Waals surface area contributed by atoms with Gasteiger partial charge >= 0.3 is 5.97 Å². The van der Waals surface area contributed by atoms with Crippen LogP contribution in [0.25, 0.3) is 0 Å². The minimum absolute atomic E-state index is 0.0446. The van der Waals surface area contributed by atoms with Crippen molar-refractivity contribution < 1.29 is 26.4 Å². The molecule has 0 saturated carbocycles. The molecular weight excluding hydrogens is 402 g/mol. The molecule has 0 spiro atoms. The quantitative estimate of drug-likeness (QED) is 0.633. The summed E-state index contributed by atoms with van der Waals surface area (Å²) in [7, 11) is -9.09. The molecule has 0 aliphatic heterocycles. The summed E-state index contributed by atoms with van der Waals surface area (Å²) in [6.45, 7) is 1.47. The van der Waals surface area contributed by atoms with Gasteiger partial charge in [0, 0.05) is 0 Å². The number of carbonyl (C=O) groups excluding carboxylic acids is 1. The fraction of sp³-hybridized carbons (Fsp3) is 0.158. The zero-order chi connectivity index (χ0) is 20.8. The summed E-state index contributed by atoms with van der Waals surface area (Å²) in [5.74, 6) is -2.74. The molecule has 0 amide bonds. The van der Waals surface area contributed by atoms with Gasteiger partial charge in [0.25, 0.3) is 0 Å². The molecule has 0 radical (unpaired) electrons. The number of rotatable bonds is 7. The average molecular weight is 419 g/mol. The molecular formula is C19H17NO6S2. The first-order valence-electron chi connectivity index (χ1n) is 8.13. The highest BCUT2D eigenvalue weighted by atomic mass is 32.3. The molecule has 146 valence electrons. The second kappa shape index (κ2) is 8.82. The van der Waals surface area contributed by atoms with Crippen LogP contribution in [0.5, 0.6) is 0 Å². The number of nitriles is 1. The van der Waals surface area contributed by atoms with Crippen LogP contribution in [-0.2, 0) is 29.2 Å². The van der Waals surface area contributed by atoms with Crippen molar-refractivity contribution in [2.75, 3.05) is 6.61 Å². The first kappa shape index (κ1) is 21.3. The van der Waals surface area contributed by atoms with E-state index in [4.69, 9.17) is 4.74 Å². The lowest BCUT2D eigenvalue weighted by Crippen LogP contribution is -2.20. The van der Waals surface area contributed by atoms with E-state index in [1.54, 1.807) is 18.2 Å². The van der Waals surface area contributed by atoms with E-state index in [0.29, 0.717) is 6.08 Å². The maximum atomic E-state index is 13.1. The van der Waals surface area contributed by atoms with Crippen LogP contribution in [0, 0.1) is 17.2 Å². The van der Waals surface area contributed by atoms with Crippen LogP contribution in [0.4, 0.5) is 0 Å². The first-order valence-corrected chi connectivity index (χ1v) is 11.1. The molecule has 2 aromatic carbocycles. The maximum Gasteiger partial charge on any atom is 0.327 e. The smallest absolute Gasteiger partial charge is 0.327 e. The van der Waals surface area contributed by atoms with Crippen molar-refractivity contribution >= 4 is 25.6 Å². The van der Waals surface area contributed by atoms with E-state index in [1.165, 1.54) is 55.5 Å². The molecule has 1 atom stereocenters. The van der Waals surface area contributed by atoms with Crippen LogP contribution < -0.4 is 0 Å². The topological polar surface area (TPSA) is 118 Å². The number of nitrogens with zero attached hydrogens (tertiary/aromatic N) is 1. The summed E-state index contributed by atoms with van der Waals surface area (Å²) < 4.78 is 56.0. The van der Waals surface area contributed by atoms with Gasteiger partial charge < -0.3 is 4.74 Å². The molecule has 28 heavy (non-hydrogen) atoms. The Kier molecular flexibility index (Phi) is 6.72. The summed E-state index contributed by atoms with van der Waals surface area (Å²) in [5.41, 5.74) is 0. The zero-order valence-corrected chi connectivity index (χ0v) is 16.5. The number of hydrogen-bond donors (Lipinski definition) is 0. The SMILES string of the molecule is CCOC(=O)C(C#N)C=C(S(=O)(=O)c1ccccc1)S(=O)(=O)c1ccccc1. The molecule has 0 heterocycles. The van der Waals surface area contributed by atoms with Crippen molar-refractivity contribution in [3.8, 4) is 6.07 Å². The summed E-state index contributed by atoms with van der Waals surface area (Å²) in [6.07, 6.45) is 0.628. The Morgan fingerprint density at radius 3 is 1.75 bits per heavy atom. The predicted molar refractivity (Wildman–Crippen MR) is 101 cm³/mol. The molecule has 0 fully saturated rings. The molecule has 9 heteroatoms. The lowest BCUT2D eigenvalue weighted by molar-refractivity contribution is -0.144. The van der Waals surface area contributed by atoms with Gasteiger partial charge in [-0.2, -0.15) is 5.26 Å². The van der Waals surface area contributed by atoms with Crippen molar-refractivity contribution in [2.45, 2.75) is 16.7 Å². The minimum Gasteiger partial charge on any atom is -0.465 e. The minimum atomic E-state index is -4.55. The lowest BCUT2D eigenvalue weighted by Gasteiger charge is -2.12. The van der Waals surface area contributed by atoms with Gasteiger partial charge in [-0.25, -0.2) is 16.8 Å². The van der Waals surface area contributed by atoms with Crippen LogP contribution in [0.15, 0.2) is 80.8 Å². The third-order valence-corrected chi connectivity index (χ3v) is 8.05.